The fraction of sp³-hybridized carbons (Fsp3) is 0.0556. The van der Waals surface area contributed by atoms with Crippen LogP contribution < -0.4 is 5.32 Å². The summed E-state index contributed by atoms with van der Waals surface area (Å²) in [5, 5.41) is 4.81. The van der Waals surface area contributed by atoms with Crippen LogP contribution in [-0.4, -0.2) is 15.9 Å². The number of amides is 1. The van der Waals surface area contributed by atoms with Gasteiger partial charge in [0, 0.05) is 17.4 Å². The molecule has 0 bridgehead atoms. The van der Waals surface area contributed by atoms with Crippen molar-refractivity contribution in [2.24, 2.45) is 0 Å². The van der Waals surface area contributed by atoms with Crippen LogP contribution in [0.15, 0.2) is 58.5 Å². The van der Waals surface area contributed by atoms with Gasteiger partial charge in [-0.1, -0.05) is 6.07 Å². The summed E-state index contributed by atoms with van der Waals surface area (Å²) in [7, 11) is 0. The van der Waals surface area contributed by atoms with E-state index >= 15 is 0 Å². The largest absolute Gasteiger partial charge is 0.434 e. The van der Waals surface area contributed by atoms with Crippen molar-refractivity contribution in [1.29, 1.82) is 0 Å². The molecule has 24 heavy (non-hydrogen) atoms. The number of hydrogen-bond donors (Lipinski definition) is 1. The molecule has 4 aromatic rings. The van der Waals surface area contributed by atoms with Crippen molar-refractivity contribution >= 4 is 34.2 Å². The maximum Gasteiger partial charge on any atom is 0.265 e. The first kappa shape index (κ1) is 14.6. The van der Waals surface area contributed by atoms with Crippen molar-refractivity contribution in [1.82, 2.24) is 9.97 Å². The zero-order valence-corrected chi connectivity index (χ0v) is 13.6. The summed E-state index contributed by atoms with van der Waals surface area (Å²) in [5.74, 6) is 0.412. The van der Waals surface area contributed by atoms with Crippen LogP contribution in [0.25, 0.3) is 22.7 Å². The van der Waals surface area contributed by atoms with E-state index in [1.54, 1.807) is 12.3 Å². The number of pyridine rings is 1. The Morgan fingerprint density at radius 1 is 1.21 bits per heavy atom. The predicted octanol–water partition coefficient (Wildman–Crippen LogP) is 4.51. The third kappa shape index (κ3) is 2.68. The number of aromatic nitrogens is 2. The Bertz CT molecular complexity index is 989. The molecule has 0 spiro atoms. The second-order valence-corrected chi connectivity index (χ2v) is 6.25. The van der Waals surface area contributed by atoms with Gasteiger partial charge in [-0.05, 0) is 54.3 Å². The molecule has 1 N–H and O–H groups in total. The zero-order valence-electron chi connectivity index (χ0n) is 12.8. The van der Waals surface area contributed by atoms with Crippen LogP contribution in [0.2, 0.25) is 0 Å². The average Bonchev–Trinajstić information content (AvgIpc) is 3.26. The molecule has 1 amide bonds. The van der Waals surface area contributed by atoms with Gasteiger partial charge >= 0.3 is 0 Å². The summed E-state index contributed by atoms with van der Waals surface area (Å²) in [4.78, 5) is 21.4. The fourth-order valence-electron chi connectivity index (χ4n) is 2.42. The maximum atomic E-state index is 12.2. The lowest BCUT2D eigenvalue weighted by atomic mass is 10.1. The Labute approximate surface area is 142 Å². The van der Waals surface area contributed by atoms with Gasteiger partial charge < -0.3 is 9.73 Å². The molecule has 118 valence electrons. The highest BCUT2D eigenvalue weighted by atomic mass is 32.1. The highest BCUT2D eigenvalue weighted by Crippen LogP contribution is 2.27. The first-order valence-electron chi connectivity index (χ1n) is 7.38. The molecule has 5 nitrogen and oxygen atoms in total. The van der Waals surface area contributed by atoms with E-state index in [-0.39, 0.29) is 5.91 Å². The number of fused-ring (bicyclic) bond motifs is 1. The summed E-state index contributed by atoms with van der Waals surface area (Å²) in [5.41, 5.74) is 3.79. The summed E-state index contributed by atoms with van der Waals surface area (Å²) >= 11 is 1.41. The summed E-state index contributed by atoms with van der Waals surface area (Å²) < 4.78 is 5.73. The van der Waals surface area contributed by atoms with Crippen LogP contribution in [-0.2, 0) is 0 Å². The lowest BCUT2D eigenvalue weighted by Gasteiger charge is -2.08. The molecule has 0 atom stereocenters. The molecule has 0 saturated carbocycles. The predicted molar refractivity (Wildman–Crippen MR) is 94.2 cm³/mol. The normalized spacial score (nSPS) is 10.9. The van der Waals surface area contributed by atoms with E-state index in [9.17, 15) is 4.79 Å². The quantitative estimate of drug-likeness (QED) is 0.598. The van der Waals surface area contributed by atoms with E-state index in [2.05, 4.69) is 15.3 Å². The summed E-state index contributed by atoms with van der Waals surface area (Å²) in [6, 6.07) is 13.0. The minimum Gasteiger partial charge on any atom is -0.434 e. The third-order valence-electron chi connectivity index (χ3n) is 3.63. The number of anilines is 1. The Kier molecular flexibility index (Phi) is 3.59. The number of hydrogen-bond acceptors (Lipinski definition) is 5. The average molecular weight is 335 g/mol. The van der Waals surface area contributed by atoms with Gasteiger partial charge in [0.15, 0.2) is 11.2 Å². The van der Waals surface area contributed by atoms with E-state index < -0.39 is 0 Å². The monoisotopic (exact) mass is 335 g/mol. The number of aryl methyl sites for hydroxylation is 1. The van der Waals surface area contributed by atoms with Gasteiger partial charge in [0.1, 0.15) is 0 Å². The van der Waals surface area contributed by atoms with E-state index in [0.29, 0.717) is 22.0 Å². The number of thiophene rings is 1. The van der Waals surface area contributed by atoms with E-state index in [1.165, 1.54) is 11.3 Å². The number of benzene rings is 1. The second kappa shape index (κ2) is 5.90. The van der Waals surface area contributed by atoms with Crippen molar-refractivity contribution in [3.05, 3.63) is 64.5 Å². The Balaban J connectivity index is 1.63. The van der Waals surface area contributed by atoms with Gasteiger partial charge in [0.25, 0.3) is 5.91 Å². The van der Waals surface area contributed by atoms with Crippen molar-refractivity contribution in [2.75, 3.05) is 5.32 Å². The van der Waals surface area contributed by atoms with Gasteiger partial charge in [-0.3, -0.25) is 4.79 Å². The van der Waals surface area contributed by atoms with Crippen molar-refractivity contribution < 1.29 is 9.21 Å². The van der Waals surface area contributed by atoms with Crippen LogP contribution in [0.4, 0.5) is 5.69 Å². The van der Waals surface area contributed by atoms with Gasteiger partial charge in [-0.15, -0.1) is 11.3 Å². The number of carbonyl (C=O) groups excluding carboxylic acids is 1. The van der Waals surface area contributed by atoms with Crippen molar-refractivity contribution in [3.8, 4) is 11.5 Å². The molecule has 1 aromatic carbocycles. The number of oxazole rings is 1. The van der Waals surface area contributed by atoms with Crippen LogP contribution in [0.3, 0.4) is 0 Å². The van der Waals surface area contributed by atoms with Gasteiger partial charge in [-0.25, -0.2) is 4.98 Å². The minimum absolute atomic E-state index is 0.105. The number of nitrogens with one attached hydrogen (secondary N) is 1. The molecule has 0 saturated heterocycles. The van der Waals surface area contributed by atoms with E-state index in [0.717, 1.165) is 16.8 Å². The number of carbonyl (C=O) groups is 1. The van der Waals surface area contributed by atoms with E-state index in [1.807, 2.05) is 48.7 Å². The molecular weight excluding hydrogens is 322 g/mol. The van der Waals surface area contributed by atoms with Gasteiger partial charge in [-0.2, -0.15) is 4.98 Å². The number of nitrogens with zero attached hydrogens (tertiary/aromatic N) is 2. The summed E-state index contributed by atoms with van der Waals surface area (Å²) in [6.07, 6.45) is 1.68. The highest BCUT2D eigenvalue weighted by molar-refractivity contribution is 7.12. The van der Waals surface area contributed by atoms with Crippen LogP contribution in [0.5, 0.6) is 0 Å². The Morgan fingerprint density at radius 2 is 2.12 bits per heavy atom. The Morgan fingerprint density at radius 3 is 2.88 bits per heavy atom. The third-order valence-corrected chi connectivity index (χ3v) is 4.50. The smallest absolute Gasteiger partial charge is 0.265 e. The molecule has 3 heterocycles. The highest BCUT2D eigenvalue weighted by Gasteiger charge is 2.12. The molecule has 3 aromatic heterocycles. The van der Waals surface area contributed by atoms with Gasteiger partial charge in [0.05, 0.1) is 4.88 Å². The van der Waals surface area contributed by atoms with Gasteiger partial charge in [0.2, 0.25) is 5.89 Å². The minimum atomic E-state index is -0.105. The van der Waals surface area contributed by atoms with Crippen molar-refractivity contribution in [3.63, 3.8) is 0 Å². The molecule has 0 aliphatic rings. The molecule has 0 fully saturated rings. The fourth-order valence-corrected chi connectivity index (χ4v) is 3.04. The number of rotatable bonds is 3. The molecular formula is C18H13N3O2S. The second-order valence-electron chi connectivity index (χ2n) is 5.31. The lowest BCUT2D eigenvalue weighted by Crippen LogP contribution is -2.11. The molecule has 6 heteroatoms. The van der Waals surface area contributed by atoms with Crippen molar-refractivity contribution in [2.45, 2.75) is 6.92 Å². The zero-order chi connectivity index (χ0) is 16.5. The van der Waals surface area contributed by atoms with Crippen LogP contribution in [0.1, 0.15) is 15.2 Å². The summed E-state index contributed by atoms with van der Waals surface area (Å²) in [6.45, 7) is 1.94. The SMILES string of the molecule is Cc1cc(-c2nc3ncccc3o2)ccc1NC(=O)c1cccs1. The molecule has 0 aliphatic heterocycles. The topological polar surface area (TPSA) is 68.0 Å². The lowest BCUT2D eigenvalue weighted by molar-refractivity contribution is 0.103. The molecule has 0 aliphatic carbocycles. The molecule has 0 unspecified atom stereocenters. The first-order chi connectivity index (χ1) is 11.7. The van der Waals surface area contributed by atoms with Crippen LogP contribution in [0, 0.1) is 6.92 Å². The Hall–Kier alpha value is -2.99. The molecule has 4 rings (SSSR count). The standard InChI is InChI=1S/C18H13N3O2S/c1-11-10-12(18-21-16-14(23-18)4-2-8-19-16)6-7-13(11)20-17(22)15-5-3-9-24-15/h2-10H,1H3,(H,20,22). The van der Waals surface area contributed by atoms with E-state index in [4.69, 9.17) is 4.42 Å². The maximum absolute atomic E-state index is 12.2. The first-order valence-corrected chi connectivity index (χ1v) is 8.26. The van der Waals surface area contributed by atoms with Crippen LogP contribution >= 0.6 is 11.3 Å². The molecule has 0 radical (unpaired) electrons.